The van der Waals surface area contributed by atoms with E-state index < -0.39 is 0 Å². The van der Waals surface area contributed by atoms with E-state index in [0.29, 0.717) is 13.2 Å². The minimum atomic E-state index is 0.0518. The Labute approximate surface area is 129 Å². The van der Waals surface area contributed by atoms with Crippen molar-refractivity contribution in [2.45, 2.75) is 19.9 Å². The molecule has 0 N–H and O–H groups in total. The third kappa shape index (κ3) is 3.03. The lowest BCUT2D eigenvalue weighted by molar-refractivity contribution is 0.302. The van der Waals surface area contributed by atoms with E-state index in [2.05, 4.69) is 6.07 Å². The van der Waals surface area contributed by atoms with Gasteiger partial charge in [0.15, 0.2) is 0 Å². The monoisotopic (exact) mass is 293 g/mol. The zero-order valence-corrected chi connectivity index (χ0v) is 12.7. The summed E-state index contributed by atoms with van der Waals surface area (Å²) >= 11 is 0. The topological polar surface area (TPSA) is 31.2 Å². The fourth-order valence-corrected chi connectivity index (χ4v) is 2.66. The number of pyridine rings is 1. The Balaban J connectivity index is 1.73. The van der Waals surface area contributed by atoms with Gasteiger partial charge in [-0.05, 0) is 37.1 Å². The molecule has 112 valence electrons. The number of para-hydroxylation sites is 2. The summed E-state index contributed by atoms with van der Waals surface area (Å²) in [5.41, 5.74) is 2.07. The van der Waals surface area contributed by atoms with Gasteiger partial charge in [0.05, 0.1) is 12.1 Å². The van der Waals surface area contributed by atoms with Crippen LogP contribution in [0.4, 0.5) is 0 Å². The van der Waals surface area contributed by atoms with E-state index in [4.69, 9.17) is 4.74 Å². The quantitative estimate of drug-likeness (QED) is 0.670. The van der Waals surface area contributed by atoms with Crippen molar-refractivity contribution in [3.05, 3.63) is 76.6 Å². The van der Waals surface area contributed by atoms with Crippen molar-refractivity contribution in [1.29, 1.82) is 0 Å². The molecule has 1 heterocycles. The van der Waals surface area contributed by atoms with Crippen LogP contribution in [-0.2, 0) is 6.54 Å². The molecule has 0 aliphatic carbocycles. The molecule has 0 radical (unpaired) electrons. The highest BCUT2D eigenvalue weighted by atomic mass is 16.5. The summed E-state index contributed by atoms with van der Waals surface area (Å²) in [7, 11) is 0. The Morgan fingerprint density at radius 1 is 1.00 bits per heavy atom. The Kier molecular flexibility index (Phi) is 4.24. The third-order valence-corrected chi connectivity index (χ3v) is 3.76. The maximum atomic E-state index is 12.2. The lowest BCUT2D eigenvalue weighted by Crippen LogP contribution is -2.21. The molecule has 3 aromatic rings. The average molecular weight is 293 g/mol. The molecule has 2 aromatic carbocycles. The van der Waals surface area contributed by atoms with Crippen molar-refractivity contribution in [1.82, 2.24) is 4.57 Å². The van der Waals surface area contributed by atoms with E-state index in [1.54, 1.807) is 6.07 Å². The fraction of sp³-hybridized carbons (Fsp3) is 0.211. The standard InChI is InChI=1S/C19H19NO2/c1-15-14-19(21)20(18-11-6-5-10-17(15)18)12-7-13-22-16-8-3-2-4-9-16/h2-6,8-11,14H,7,12-13H2,1H3. The number of aryl methyl sites for hydroxylation is 2. The van der Waals surface area contributed by atoms with Gasteiger partial charge in [-0.2, -0.15) is 0 Å². The fourth-order valence-electron chi connectivity index (χ4n) is 2.66. The van der Waals surface area contributed by atoms with Crippen LogP contribution >= 0.6 is 0 Å². The van der Waals surface area contributed by atoms with Crippen LogP contribution in [0.3, 0.4) is 0 Å². The Hall–Kier alpha value is -2.55. The number of ether oxygens (including phenoxy) is 1. The molecule has 3 rings (SSSR count). The highest BCUT2D eigenvalue weighted by Crippen LogP contribution is 2.16. The van der Waals surface area contributed by atoms with Crippen LogP contribution in [0.1, 0.15) is 12.0 Å². The molecule has 22 heavy (non-hydrogen) atoms. The van der Waals surface area contributed by atoms with Gasteiger partial charge >= 0.3 is 0 Å². The van der Waals surface area contributed by atoms with Crippen molar-refractivity contribution >= 4 is 10.9 Å². The summed E-state index contributed by atoms with van der Waals surface area (Å²) in [5, 5.41) is 1.13. The maximum Gasteiger partial charge on any atom is 0.251 e. The summed E-state index contributed by atoms with van der Waals surface area (Å²) in [6, 6.07) is 19.5. The van der Waals surface area contributed by atoms with Gasteiger partial charge in [0, 0.05) is 18.0 Å². The second kappa shape index (κ2) is 6.48. The van der Waals surface area contributed by atoms with Crippen molar-refractivity contribution in [3.8, 4) is 5.75 Å². The summed E-state index contributed by atoms with van der Waals surface area (Å²) in [4.78, 5) is 12.2. The molecule has 3 nitrogen and oxygen atoms in total. The molecule has 0 amide bonds. The largest absolute Gasteiger partial charge is 0.494 e. The van der Waals surface area contributed by atoms with Gasteiger partial charge in [-0.15, -0.1) is 0 Å². The molecular formula is C19H19NO2. The average Bonchev–Trinajstić information content (AvgIpc) is 2.55. The van der Waals surface area contributed by atoms with E-state index in [1.165, 1.54) is 0 Å². The van der Waals surface area contributed by atoms with Gasteiger partial charge in [0.25, 0.3) is 5.56 Å². The van der Waals surface area contributed by atoms with Crippen molar-refractivity contribution < 1.29 is 4.74 Å². The highest BCUT2D eigenvalue weighted by molar-refractivity contribution is 5.82. The van der Waals surface area contributed by atoms with Crippen LogP contribution in [0.15, 0.2) is 65.5 Å². The molecule has 0 unspecified atom stereocenters. The van der Waals surface area contributed by atoms with Gasteiger partial charge in [0.2, 0.25) is 0 Å². The van der Waals surface area contributed by atoms with Crippen LogP contribution in [0, 0.1) is 6.92 Å². The second-order valence-electron chi connectivity index (χ2n) is 5.35. The van der Waals surface area contributed by atoms with E-state index in [9.17, 15) is 4.79 Å². The van der Waals surface area contributed by atoms with E-state index in [-0.39, 0.29) is 5.56 Å². The van der Waals surface area contributed by atoms with Gasteiger partial charge in [-0.3, -0.25) is 4.79 Å². The molecule has 0 saturated carbocycles. The Morgan fingerprint density at radius 3 is 2.55 bits per heavy atom. The second-order valence-corrected chi connectivity index (χ2v) is 5.35. The molecule has 0 bridgehead atoms. The van der Waals surface area contributed by atoms with Crippen molar-refractivity contribution in [3.63, 3.8) is 0 Å². The van der Waals surface area contributed by atoms with Gasteiger partial charge in [-0.1, -0.05) is 36.4 Å². The van der Waals surface area contributed by atoms with Gasteiger partial charge in [0.1, 0.15) is 5.75 Å². The first-order valence-electron chi connectivity index (χ1n) is 7.53. The van der Waals surface area contributed by atoms with Gasteiger partial charge in [-0.25, -0.2) is 0 Å². The molecule has 3 heteroatoms. The Bertz CT molecular complexity index is 822. The van der Waals surface area contributed by atoms with Crippen LogP contribution in [0.25, 0.3) is 10.9 Å². The first kappa shape index (κ1) is 14.4. The highest BCUT2D eigenvalue weighted by Gasteiger charge is 2.05. The zero-order chi connectivity index (χ0) is 15.4. The summed E-state index contributed by atoms with van der Waals surface area (Å²) < 4.78 is 7.52. The number of aromatic nitrogens is 1. The molecule has 0 atom stereocenters. The predicted octanol–water partition coefficient (Wildman–Crippen LogP) is 3.78. The number of benzene rings is 2. The first-order valence-corrected chi connectivity index (χ1v) is 7.53. The lowest BCUT2D eigenvalue weighted by atomic mass is 10.1. The molecule has 0 aliphatic heterocycles. The predicted molar refractivity (Wildman–Crippen MR) is 89.5 cm³/mol. The third-order valence-electron chi connectivity index (χ3n) is 3.76. The van der Waals surface area contributed by atoms with E-state index in [1.807, 2.05) is 60.0 Å². The number of hydrogen-bond acceptors (Lipinski definition) is 2. The zero-order valence-electron chi connectivity index (χ0n) is 12.7. The maximum absolute atomic E-state index is 12.2. The minimum absolute atomic E-state index is 0.0518. The van der Waals surface area contributed by atoms with Crippen molar-refractivity contribution in [2.24, 2.45) is 0 Å². The number of hydrogen-bond donors (Lipinski definition) is 0. The normalized spacial score (nSPS) is 10.8. The molecule has 0 fully saturated rings. The molecule has 0 aliphatic rings. The minimum Gasteiger partial charge on any atom is -0.494 e. The summed E-state index contributed by atoms with van der Waals surface area (Å²) in [6.45, 7) is 3.23. The Morgan fingerprint density at radius 2 is 1.73 bits per heavy atom. The van der Waals surface area contributed by atoms with Crippen LogP contribution < -0.4 is 10.3 Å². The van der Waals surface area contributed by atoms with Crippen LogP contribution in [0.5, 0.6) is 5.75 Å². The SMILES string of the molecule is Cc1cc(=O)n(CCCOc2ccccc2)c2ccccc12. The number of nitrogens with zero attached hydrogens (tertiary/aromatic N) is 1. The van der Waals surface area contributed by atoms with E-state index >= 15 is 0 Å². The first-order chi connectivity index (χ1) is 10.8. The number of rotatable bonds is 5. The molecule has 1 aromatic heterocycles. The lowest BCUT2D eigenvalue weighted by Gasteiger charge is -2.12. The summed E-state index contributed by atoms with van der Waals surface area (Å²) in [5.74, 6) is 0.864. The summed E-state index contributed by atoms with van der Waals surface area (Å²) in [6.07, 6.45) is 0.794. The van der Waals surface area contributed by atoms with Gasteiger partial charge < -0.3 is 9.30 Å². The smallest absolute Gasteiger partial charge is 0.251 e. The van der Waals surface area contributed by atoms with Crippen LogP contribution in [-0.4, -0.2) is 11.2 Å². The van der Waals surface area contributed by atoms with E-state index in [0.717, 1.165) is 28.6 Å². The molecule has 0 spiro atoms. The van der Waals surface area contributed by atoms with Crippen molar-refractivity contribution in [2.75, 3.05) is 6.61 Å². The number of fused-ring (bicyclic) bond motifs is 1. The molecular weight excluding hydrogens is 274 g/mol. The van der Waals surface area contributed by atoms with Crippen LogP contribution in [0.2, 0.25) is 0 Å². The molecule has 0 saturated heterocycles.